The minimum absolute atomic E-state index is 0.239. The van der Waals surface area contributed by atoms with Crippen LogP contribution in [0.25, 0.3) is 0 Å². The SMILES string of the molecule is CCC(CO)CNc1ccc(Cl)s1. The molecule has 1 unspecified atom stereocenters. The standard InChI is InChI=1S/C9H14ClNOS/c1-2-7(6-12)5-11-9-4-3-8(10)13-9/h3-4,7,11-12H,2,5-6H2,1H3. The zero-order valence-electron chi connectivity index (χ0n) is 7.59. The second-order valence-corrected chi connectivity index (χ2v) is 4.66. The van der Waals surface area contributed by atoms with Crippen molar-refractivity contribution in [1.29, 1.82) is 0 Å². The molecule has 0 bridgehead atoms. The lowest BCUT2D eigenvalue weighted by atomic mass is 10.1. The Balaban J connectivity index is 2.33. The lowest BCUT2D eigenvalue weighted by Crippen LogP contribution is -2.16. The molecule has 2 N–H and O–H groups in total. The fourth-order valence-electron chi connectivity index (χ4n) is 0.992. The molecular weight excluding hydrogens is 206 g/mol. The number of aliphatic hydroxyl groups excluding tert-OH is 1. The van der Waals surface area contributed by atoms with Gasteiger partial charge in [-0.2, -0.15) is 0 Å². The van der Waals surface area contributed by atoms with Gasteiger partial charge in [-0.25, -0.2) is 0 Å². The summed E-state index contributed by atoms with van der Waals surface area (Å²) in [6, 6.07) is 3.82. The third-order valence-electron chi connectivity index (χ3n) is 1.97. The monoisotopic (exact) mass is 219 g/mol. The smallest absolute Gasteiger partial charge is 0.0950 e. The maximum absolute atomic E-state index is 8.95. The van der Waals surface area contributed by atoms with E-state index in [0.29, 0.717) is 5.92 Å². The van der Waals surface area contributed by atoms with Gasteiger partial charge < -0.3 is 10.4 Å². The van der Waals surface area contributed by atoms with Crippen LogP contribution in [0.4, 0.5) is 5.00 Å². The normalized spacial score (nSPS) is 12.8. The Morgan fingerprint density at radius 2 is 2.38 bits per heavy atom. The van der Waals surface area contributed by atoms with Crippen LogP contribution in [0, 0.1) is 5.92 Å². The van der Waals surface area contributed by atoms with E-state index in [9.17, 15) is 0 Å². The molecule has 0 radical (unpaired) electrons. The van der Waals surface area contributed by atoms with Crippen LogP contribution < -0.4 is 5.32 Å². The number of rotatable bonds is 5. The van der Waals surface area contributed by atoms with Crippen molar-refractivity contribution in [3.8, 4) is 0 Å². The van der Waals surface area contributed by atoms with Crippen LogP contribution in [0.1, 0.15) is 13.3 Å². The number of aliphatic hydroxyl groups is 1. The van der Waals surface area contributed by atoms with Crippen LogP contribution in [0.3, 0.4) is 0 Å². The van der Waals surface area contributed by atoms with Crippen molar-refractivity contribution in [2.45, 2.75) is 13.3 Å². The summed E-state index contributed by atoms with van der Waals surface area (Å²) in [6.45, 7) is 3.12. The average molecular weight is 220 g/mol. The topological polar surface area (TPSA) is 32.3 Å². The molecule has 1 atom stereocenters. The number of thiophene rings is 1. The molecule has 13 heavy (non-hydrogen) atoms. The van der Waals surface area contributed by atoms with Gasteiger partial charge in [0, 0.05) is 13.2 Å². The highest BCUT2D eigenvalue weighted by molar-refractivity contribution is 7.19. The molecule has 0 saturated carbocycles. The number of anilines is 1. The largest absolute Gasteiger partial charge is 0.396 e. The Hall–Kier alpha value is -0.250. The van der Waals surface area contributed by atoms with Gasteiger partial charge in [0.2, 0.25) is 0 Å². The summed E-state index contributed by atoms with van der Waals surface area (Å²) in [6.07, 6.45) is 0.989. The molecular formula is C9H14ClNOS. The minimum atomic E-state index is 0.239. The summed E-state index contributed by atoms with van der Waals surface area (Å²) >= 11 is 7.30. The van der Waals surface area contributed by atoms with E-state index in [-0.39, 0.29) is 6.61 Å². The van der Waals surface area contributed by atoms with Crippen molar-refractivity contribution in [3.63, 3.8) is 0 Å². The van der Waals surface area contributed by atoms with E-state index in [1.54, 1.807) is 0 Å². The van der Waals surface area contributed by atoms with Crippen LogP contribution in [-0.2, 0) is 0 Å². The molecule has 0 fully saturated rings. The van der Waals surface area contributed by atoms with Gasteiger partial charge >= 0.3 is 0 Å². The second-order valence-electron chi connectivity index (χ2n) is 2.94. The summed E-state index contributed by atoms with van der Waals surface area (Å²) in [5.41, 5.74) is 0. The Bertz CT molecular complexity index is 248. The van der Waals surface area contributed by atoms with Crippen molar-refractivity contribution >= 4 is 27.9 Å². The third kappa shape index (κ3) is 3.55. The lowest BCUT2D eigenvalue weighted by Gasteiger charge is -2.11. The summed E-state index contributed by atoms with van der Waals surface area (Å²) < 4.78 is 0.791. The third-order valence-corrected chi connectivity index (χ3v) is 3.16. The van der Waals surface area contributed by atoms with Gasteiger partial charge in [-0.05, 0) is 24.5 Å². The summed E-state index contributed by atoms with van der Waals surface area (Å²) in [4.78, 5) is 0. The number of nitrogens with one attached hydrogen (secondary N) is 1. The molecule has 1 heterocycles. The average Bonchev–Trinajstić information content (AvgIpc) is 2.53. The van der Waals surface area contributed by atoms with Gasteiger partial charge in [-0.1, -0.05) is 18.5 Å². The summed E-state index contributed by atoms with van der Waals surface area (Å²) in [7, 11) is 0. The van der Waals surface area contributed by atoms with E-state index in [4.69, 9.17) is 16.7 Å². The second kappa shape index (κ2) is 5.47. The molecule has 0 aliphatic carbocycles. The zero-order valence-corrected chi connectivity index (χ0v) is 9.16. The fraction of sp³-hybridized carbons (Fsp3) is 0.556. The highest BCUT2D eigenvalue weighted by Gasteiger charge is 2.04. The van der Waals surface area contributed by atoms with E-state index >= 15 is 0 Å². The molecule has 0 aliphatic heterocycles. The predicted molar refractivity (Wildman–Crippen MR) is 58.7 cm³/mol. The maximum Gasteiger partial charge on any atom is 0.0950 e. The van der Waals surface area contributed by atoms with E-state index in [2.05, 4.69) is 12.2 Å². The quantitative estimate of drug-likeness (QED) is 0.798. The van der Waals surface area contributed by atoms with Crippen molar-refractivity contribution in [3.05, 3.63) is 16.5 Å². The van der Waals surface area contributed by atoms with Crippen LogP contribution in [0.15, 0.2) is 12.1 Å². The van der Waals surface area contributed by atoms with Gasteiger partial charge in [0.1, 0.15) is 0 Å². The molecule has 1 aromatic heterocycles. The van der Waals surface area contributed by atoms with Crippen LogP contribution >= 0.6 is 22.9 Å². The molecule has 2 nitrogen and oxygen atoms in total. The van der Waals surface area contributed by atoms with Gasteiger partial charge in [0.15, 0.2) is 0 Å². The van der Waals surface area contributed by atoms with Crippen LogP contribution in [-0.4, -0.2) is 18.3 Å². The number of halogens is 1. The number of hydrogen-bond donors (Lipinski definition) is 2. The molecule has 0 spiro atoms. The molecule has 0 amide bonds. The van der Waals surface area contributed by atoms with Crippen molar-refractivity contribution < 1.29 is 5.11 Å². The molecule has 1 aromatic rings. The molecule has 0 saturated heterocycles. The fourth-order valence-corrected chi connectivity index (χ4v) is 1.94. The highest BCUT2D eigenvalue weighted by atomic mass is 35.5. The van der Waals surface area contributed by atoms with Gasteiger partial charge in [-0.3, -0.25) is 0 Å². The van der Waals surface area contributed by atoms with Crippen LogP contribution in [0.5, 0.6) is 0 Å². The first-order valence-corrected chi connectivity index (χ1v) is 5.55. The van der Waals surface area contributed by atoms with E-state index < -0.39 is 0 Å². The Morgan fingerprint density at radius 3 is 2.85 bits per heavy atom. The van der Waals surface area contributed by atoms with Crippen molar-refractivity contribution in [2.75, 3.05) is 18.5 Å². The highest BCUT2D eigenvalue weighted by Crippen LogP contribution is 2.26. The van der Waals surface area contributed by atoms with E-state index in [1.807, 2.05) is 12.1 Å². The molecule has 74 valence electrons. The lowest BCUT2D eigenvalue weighted by molar-refractivity contribution is 0.230. The first-order chi connectivity index (χ1) is 6.26. The Kier molecular flexibility index (Phi) is 4.56. The Morgan fingerprint density at radius 1 is 1.62 bits per heavy atom. The molecule has 0 aliphatic rings. The zero-order chi connectivity index (χ0) is 9.68. The molecule has 1 rings (SSSR count). The predicted octanol–water partition coefficient (Wildman–Crippen LogP) is 2.83. The van der Waals surface area contributed by atoms with E-state index in [1.165, 1.54) is 11.3 Å². The van der Waals surface area contributed by atoms with E-state index in [0.717, 1.165) is 22.3 Å². The maximum atomic E-state index is 8.95. The molecule has 4 heteroatoms. The first kappa shape index (κ1) is 10.8. The van der Waals surface area contributed by atoms with Crippen molar-refractivity contribution in [2.24, 2.45) is 5.92 Å². The molecule has 0 aromatic carbocycles. The van der Waals surface area contributed by atoms with Crippen molar-refractivity contribution in [1.82, 2.24) is 0 Å². The van der Waals surface area contributed by atoms with Gasteiger partial charge in [0.05, 0.1) is 9.34 Å². The van der Waals surface area contributed by atoms with Gasteiger partial charge in [0.25, 0.3) is 0 Å². The summed E-state index contributed by atoms with van der Waals surface area (Å²) in [5.74, 6) is 0.334. The van der Waals surface area contributed by atoms with Gasteiger partial charge in [-0.15, -0.1) is 11.3 Å². The number of hydrogen-bond acceptors (Lipinski definition) is 3. The minimum Gasteiger partial charge on any atom is -0.396 e. The van der Waals surface area contributed by atoms with Crippen LogP contribution in [0.2, 0.25) is 4.34 Å². The summed E-state index contributed by atoms with van der Waals surface area (Å²) in [5, 5.41) is 13.3. The Labute approximate surface area is 87.5 Å². The first-order valence-electron chi connectivity index (χ1n) is 4.36.